The molecule has 0 saturated carbocycles. The second-order valence-corrected chi connectivity index (χ2v) is 10.9. The molecule has 9 heteroatoms. The zero-order chi connectivity index (χ0) is 24.6. The predicted octanol–water partition coefficient (Wildman–Crippen LogP) is 5.34. The molecule has 0 amide bonds. The molecule has 32 heavy (non-hydrogen) atoms. The van der Waals surface area contributed by atoms with Gasteiger partial charge in [0.1, 0.15) is 28.2 Å². The van der Waals surface area contributed by atoms with Crippen LogP contribution in [0.5, 0.6) is 0 Å². The average molecular weight is 488 g/mol. The molecule has 0 aliphatic rings. The van der Waals surface area contributed by atoms with E-state index in [2.05, 4.69) is 4.72 Å². The lowest BCUT2D eigenvalue weighted by atomic mass is 9.88. The van der Waals surface area contributed by atoms with E-state index in [-0.39, 0.29) is 10.6 Å². The second kappa shape index (κ2) is 9.45. The maximum Gasteiger partial charge on any atom is 0.325 e. The summed E-state index contributed by atoms with van der Waals surface area (Å²) in [6, 6.07) is 3.32. The van der Waals surface area contributed by atoms with Crippen LogP contribution in [0.25, 0.3) is 0 Å². The Kier molecular flexibility index (Phi) is 7.75. The highest BCUT2D eigenvalue weighted by Crippen LogP contribution is 2.31. The number of sulfonamides is 1. The fourth-order valence-corrected chi connectivity index (χ4v) is 4.88. The Hall–Kier alpha value is -2.03. The molecule has 176 valence electrons. The van der Waals surface area contributed by atoms with Crippen LogP contribution in [0, 0.1) is 32.4 Å². The Morgan fingerprint density at radius 1 is 1.06 bits per heavy atom. The lowest BCUT2D eigenvalue weighted by molar-refractivity contribution is -0.157. The van der Waals surface area contributed by atoms with Gasteiger partial charge in [-0.3, -0.25) is 4.79 Å². The standard InChI is InChI=1S/C23H28ClF2NO4S/c1-12-8-9-17(25)20(14(12)3)15(4)21(22(28)31-23(5,6)7)27-32(29,30)19-10-13(2)16(24)11-18(19)26/h8-11,15,21,27H,1-7H3/t15?,21-/m0/s1. The number of rotatable bonds is 6. The minimum absolute atomic E-state index is 0.0657. The summed E-state index contributed by atoms with van der Waals surface area (Å²) in [5.74, 6) is -3.50. The van der Waals surface area contributed by atoms with E-state index in [0.29, 0.717) is 11.1 Å². The lowest BCUT2D eigenvalue weighted by Gasteiger charge is -2.29. The molecule has 1 unspecified atom stereocenters. The number of carbonyl (C=O) groups is 1. The van der Waals surface area contributed by atoms with Crippen LogP contribution in [0.15, 0.2) is 29.2 Å². The molecule has 0 radical (unpaired) electrons. The third kappa shape index (κ3) is 5.85. The first-order chi connectivity index (χ1) is 14.5. The number of aryl methyl sites for hydroxylation is 2. The van der Waals surface area contributed by atoms with E-state index in [0.717, 1.165) is 17.7 Å². The number of benzene rings is 2. The van der Waals surface area contributed by atoms with Gasteiger partial charge in [0.25, 0.3) is 0 Å². The zero-order valence-corrected chi connectivity index (χ0v) is 20.7. The van der Waals surface area contributed by atoms with Crippen molar-refractivity contribution in [1.82, 2.24) is 4.72 Å². The third-order valence-electron chi connectivity index (χ3n) is 5.13. The molecule has 2 atom stereocenters. The van der Waals surface area contributed by atoms with Gasteiger partial charge in [-0.05, 0) is 82.0 Å². The van der Waals surface area contributed by atoms with Crippen molar-refractivity contribution in [3.63, 3.8) is 0 Å². The highest BCUT2D eigenvalue weighted by atomic mass is 35.5. The van der Waals surface area contributed by atoms with Crippen LogP contribution >= 0.6 is 11.6 Å². The highest BCUT2D eigenvalue weighted by molar-refractivity contribution is 7.89. The Morgan fingerprint density at radius 3 is 2.22 bits per heavy atom. The molecule has 0 heterocycles. The van der Waals surface area contributed by atoms with Crippen LogP contribution in [0.3, 0.4) is 0 Å². The van der Waals surface area contributed by atoms with E-state index >= 15 is 0 Å². The summed E-state index contributed by atoms with van der Waals surface area (Å²) in [6.07, 6.45) is 0. The smallest absolute Gasteiger partial charge is 0.325 e. The summed E-state index contributed by atoms with van der Waals surface area (Å²) in [5.41, 5.74) is 0.951. The summed E-state index contributed by atoms with van der Waals surface area (Å²) >= 11 is 5.87. The van der Waals surface area contributed by atoms with Gasteiger partial charge >= 0.3 is 5.97 Å². The summed E-state index contributed by atoms with van der Waals surface area (Å²) in [5, 5.41) is 0.0657. The van der Waals surface area contributed by atoms with Crippen molar-refractivity contribution in [1.29, 1.82) is 0 Å². The first-order valence-electron chi connectivity index (χ1n) is 10.0. The largest absolute Gasteiger partial charge is 0.459 e. The molecule has 1 N–H and O–H groups in total. The fraction of sp³-hybridized carbons (Fsp3) is 0.435. The number of carbonyl (C=O) groups excluding carboxylic acids is 1. The van der Waals surface area contributed by atoms with Crippen LogP contribution in [-0.4, -0.2) is 26.0 Å². The Balaban J connectivity index is 2.59. The quantitative estimate of drug-likeness (QED) is 0.558. The van der Waals surface area contributed by atoms with Crippen LogP contribution < -0.4 is 4.72 Å². The monoisotopic (exact) mass is 487 g/mol. The minimum atomic E-state index is -4.53. The molecule has 2 aromatic carbocycles. The van der Waals surface area contributed by atoms with E-state index in [9.17, 15) is 22.0 Å². The molecular formula is C23H28ClF2NO4S. The van der Waals surface area contributed by atoms with Gasteiger partial charge in [0, 0.05) is 10.9 Å². The molecule has 0 spiro atoms. The molecule has 2 rings (SSSR count). The maximum atomic E-state index is 14.8. The van der Waals surface area contributed by atoms with Crippen molar-refractivity contribution in [3.8, 4) is 0 Å². The number of hydrogen-bond donors (Lipinski definition) is 1. The normalized spacial score (nSPS) is 14.2. The predicted molar refractivity (Wildman–Crippen MR) is 120 cm³/mol. The Bertz CT molecular complexity index is 1140. The van der Waals surface area contributed by atoms with Gasteiger partial charge in [-0.2, -0.15) is 4.72 Å². The number of halogens is 3. The molecule has 0 saturated heterocycles. The van der Waals surface area contributed by atoms with Gasteiger partial charge in [0.15, 0.2) is 0 Å². The third-order valence-corrected chi connectivity index (χ3v) is 7.00. The van der Waals surface area contributed by atoms with Crippen molar-refractivity contribution < 1.29 is 26.7 Å². The first kappa shape index (κ1) is 26.2. The number of hydrogen-bond acceptors (Lipinski definition) is 4. The summed E-state index contributed by atoms with van der Waals surface area (Å²) in [4.78, 5) is 12.3. The van der Waals surface area contributed by atoms with E-state index in [1.54, 1.807) is 40.7 Å². The van der Waals surface area contributed by atoms with Gasteiger partial charge in [0.05, 0.1) is 0 Å². The second-order valence-electron chi connectivity index (χ2n) is 8.86. The van der Waals surface area contributed by atoms with Crippen molar-refractivity contribution >= 4 is 27.6 Å². The summed E-state index contributed by atoms with van der Waals surface area (Å²) < 4.78 is 63.0. The van der Waals surface area contributed by atoms with E-state index in [1.807, 2.05) is 0 Å². The summed E-state index contributed by atoms with van der Waals surface area (Å²) in [7, 11) is -4.53. The minimum Gasteiger partial charge on any atom is -0.459 e. The molecule has 0 fully saturated rings. The number of ether oxygens (including phenoxy) is 1. The topological polar surface area (TPSA) is 72.5 Å². The van der Waals surface area contributed by atoms with Gasteiger partial charge in [-0.1, -0.05) is 24.6 Å². The molecular weight excluding hydrogens is 460 g/mol. The SMILES string of the molecule is Cc1cc(S(=O)(=O)N[C@H](C(=O)OC(C)(C)C)C(C)c2c(F)ccc(C)c2C)c(F)cc1Cl. The molecule has 0 aliphatic carbocycles. The molecule has 2 aromatic rings. The van der Waals surface area contributed by atoms with Crippen LogP contribution in [0.2, 0.25) is 5.02 Å². The van der Waals surface area contributed by atoms with Crippen LogP contribution in [-0.2, 0) is 19.6 Å². The molecule has 0 aliphatic heterocycles. The lowest BCUT2D eigenvalue weighted by Crippen LogP contribution is -2.47. The maximum absolute atomic E-state index is 14.8. The zero-order valence-electron chi connectivity index (χ0n) is 19.1. The molecule has 5 nitrogen and oxygen atoms in total. The molecule has 0 bridgehead atoms. The van der Waals surface area contributed by atoms with E-state index in [1.165, 1.54) is 19.9 Å². The van der Waals surface area contributed by atoms with Gasteiger partial charge in [-0.25, -0.2) is 17.2 Å². The number of nitrogens with one attached hydrogen (secondary N) is 1. The Morgan fingerprint density at radius 2 is 1.66 bits per heavy atom. The van der Waals surface area contributed by atoms with Crippen molar-refractivity contribution in [2.45, 2.75) is 70.9 Å². The van der Waals surface area contributed by atoms with Gasteiger partial charge in [-0.15, -0.1) is 0 Å². The Labute approximate surface area is 193 Å². The van der Waals surface area contributed by atoms with Crippen LogP contribution in [0.1, 0.15) is 55.9 Å². The van der Waals surface area contributed by atoms with Crippen LogP contribution in [0.4, 0.5) is 8.78 Å². The average Bonchev–Trinajstić information content (AvgIpc) is 2.64. The van der Waals surface area contributed by atoms with Crippen molar-refractivity contribution in [3.05, 3.63) is 63.2 Å². The van der Waals surface area contributed by atoms with Crippen molar-refractivity contribution in [2.75, 3.05) is 0 Å². The number of esters is 1. The fourth-order valence-electron chi connectivity index (χ4n) is 3.32. The van der Waals surface area contributed by atoms with Crippen molar-refractivity contribution in [2.24, 2.45) is 0 Å². The van der Waals surface area contributed by atoms with Gasteiger partial charge in [0.2, 0.25) is 10.0 Å². The van der Waals surface area contributed by atoms with E-state index in [4.69, 9.17) is 16.3 Å². The molecule has 0 aromatic heterocycles. The highest BCUT2D eigenvalue weighted by Gasteiger charge is 2.37. The van der Waals surface area contributed by atoms with E-state index < -0.39 is 50.1 Å². The summed E-state index contributed by atoms with van der Waals surface area (Å²) in [6.45, 7) is 11.4. The first-order valence-corrected chi connectivity index (χ1v) is 11.9. The van der Waals surface area contributed by atoms with Gasteiger partial charge < -0.3 is 4.74 Å².